The highest BCUT2D eigenvalue weighted by molar-refractivity contribution is 5.74. The molecule has 404 valence electrons. The number of carboxylic acid groups (broad SMARTS) is 1. The maximum Gasteiger partial charge on any atom is 0.335 e. The van der Waals surface area contributed by atoms with Crippen LogP contribution in [-0.2, 0) is 42.9 Å². The summed E-state index contributed by atoms with van der Waals surface area (Å²) in [5, 5.41) is 31.3. The Bertz CT molecular complexity index is 1560. The van der Waals surface area contributed by atoms with Crippen LogP contribution in [-0.4, -0.2) is 89.2 Å². The highest BCUT2D eigenvalue weighted by Crippen LogP contribution is 2.26. The zero-order chi connectivity index (χ0) is 51.8. The van der Waals surface area contributed by atoms with Gasteiger partial charge in [-0.1, -0.05) is 202 Å². The minimum Gasteiger partial charge on any atom is -0.479 e. The molecule has 12 nitrogen and oxygen atoms in total. The van der Waals surface area contributed by atoms with Crippen LogP contribution in [0.25, 0.3) is 0 Å². The number of aliphatic hydroxyl groups is 2. The Labute approximate surface area is 429 Å². The molecule has 0 radical (unpaired) electrons. The van der Waals surface area contributed by atoms with Gasteiger partial charge in [-0.2, -0.15) is 0 Å². The molecule has 0 bridgehead atoms. The number of hydrogen-bond acceptors (Lipinski definition) is 11. The molecule has 1 aliphatic heterocycles. The molecule has 1 aliphatic rings. The lowest BCUT2D eigenvalue weighted by Gasteiger charge is -2.40. The first-order chi connectivity index (χ1) is 34.6. The highest BCUT2D eigenvalue weighted by atomic mass is 16.7. The van der Waals surface area contributed by atoms with E-state index in [1.165, 1.54) is 64.2 Å². The number of ether oxygens (including phenoxy) is 5. The largest absolute Gasteiger partial charge is 0.479 e. The van der Waals surface area contributed by atoms with Crippen molar-refractivity contribution in [3.63, 3.8) is 0 Å². The summed E-state index contributed by atoms with van der Waals surface area (Å²) in [5.41, 5.74) is 0. The van der Waals surface area contributed by atoms with Crippen LogP contribution in [0.15, 0.2) is 85.1 Å². The molecule has 6 atom stereocenters. The van der Waals surface area contributed by atoms with E-state index in [4.69, 9.17) is 23.7 Å². The molecule has 0 aromatic rings. The molecular formula is C59H96O12. The van der Waals surface area contributed by atoms with Crippen LogP contribution in [0.5, 0.6) is 0 Å². The summed E-state index contributed by atoms with van der Waals surface area (Å²) in [7, 11) is 0. The van der Waals surface area contributed by atoms with Gasteiger partial charge < -0.3 is 39.0 Å². The summed E-state index contributed by atoms with van der Waals surface area (Å²) in [6, 6.07) is 0. The minimum atomic E-state index is -1.92. The maximum atomic E-state index is 13.0. The van der Waals surface area contributed by atoms with E-state index < -0.39 is 67.3 Å². The van der Waals surface area contributed by atoms with Crippen LogP contribution in [0.1, 0.15) is 213 Å². The van der Waals surface area contributed by atoms with Gasteiger partial charge in [0.25, 0.3) is 0 Å². The van der Waals surface area contributed by atoms with Crippen LogP contribution >= 0.6 is 0 Å². The summed E-state index contributed by atoms with van der Waals surface area (Å²) >= 11 is 0. The Morgan fingerprint density at radius 2 is 0.930 bits per heavy atom. The molecule has 6 unspecified atom stereocenters. The molecule has 12 heteroatoms. The van der Waals surface area contributed by atoms with Gasteiger partial charge in [-0.15, -0.1) is 0 Å². The van der Waals surface area contributed by atoms with Gasteiger partial charge in [-0.25, -0.2) is 4.79 Å². The Balaban J connectivity index is 2.76. The second-order valence-corrected chi connectivity index (χ2v) is 18.5. The number of rotatable bonds is 45. The van der Waals surface area contributed by atoms with E-state index in [0.29, 0.717) is 19.3 Å². The van der Waals surface area contributed by atoms with E-state index in [2.05, 4.69) is 81.5 Å². The van der Waals surface area contributed by atoms with E-state index in [9.17, 15) is 34.5 Å². The lowest BCUT2D eigenvalue weighted by atomic mass is 9.98. The zero-order valence-corrected chi connectivity index (χ0v) is 44.2. The number of unbranched alkanes of at least 4 members (excludes halogenated alkanes) is 18. The van der Waals surface area contributed by atoms with E-state index in [1.54, 1.807) is 6.08 Å². The first-order valence-corrected chi connectivity index (χ1v) is 27.6. The number of allylic oxidation sites excluding steroid dienone is 13. The van der Waals surface area contributed by atoms with Gasteiger partial charge in [0.1, 0.15) is 18.8 Å². The molecular weight excluding hydrogens is 901 g/mol. The average Bonchev–Trinajstić information content (AvgIpc) is 3.35. The number of hydrogen-bond donors (Lipinski definition) is 3. The van der Waals surface area contributed by atoms with Crippen molar-refractivity contribution in [2.75, 3.05) is 13.2 Å². The molecule has 0 aromatic carbocycles. The third-order valence-corrected chi connectivity index (χ3v) is 12.0. The smallest absolute Gasteiger partial charge is 0.335 e. The number of carbonyl (C=O) groups is 4. The number of carboxylic acids is 1. The van der Waals surface area contributed by atoms with Crippen molar-refractivity contribution in [2.45, 2.75) is 250 Å². The predicted octanol–water partition coefficient (Wildman–Crippen LogP) is 13.6. The fourth-order valence-corrected chi connectivity index (χ4v) is 7.77. The van der Waals surface area contributed by atoms with E-state index in [0.717, 1.165) is 89.9 Å². The summed E-state index contributed by atoms with van der Waals surface area (Å²) in [6.45, 7) is 5.71. The molecule has 71 heavy (non-hydrogen) atoms. The average molecular weight is 997 g/mol. The summed E-state index contributed by atoms with van der Waals surface area (Å²) in [4.78, 5) is 50.8. The standard InChI is InChI=1S/C59H96O12/c1-4-7-10-13-16-19-21-23-25-26-28-29-31-34-36-39-42-45-51(60)67-48-50(69-52(61)46-43-40-38-35-32-30-27-24-22-20-17-14-11-8-5-2)49-68-59-57(55(64)54(63)56(71-59)58(65)66)70-53(62)47-44-41-37-33-18-15-12-9-6-3/h8,11,16-17,19-20,23-25,27,32,35,40,43,50,54-57,59,63-64H,4-7,9-10,12-15,18,21-22,26,28-31,33-34,36-39,41-42,44-49H2,1-3H3,(H,65,66)/b11-8-,19-16-,20-17-,25-23-,27-24-,35-32-,43-40-. The van der Waals surface area contributed by atoms with E-state index in [1.807, 2.05) is 18.2 Å². The van der Waals surface area contributed by atoms with Gasteiger partial charge in [0.15, 0.2) is 24.6 Å². The summed E-state index contributed by atoms with van der Waals surface area (Å²) in [5.74, 6) is -3.31. The quantitative estimate of drug-likeness (QED) is 0.0228. The van der Waals surface area contributed by atoms with Gasteiger partial charge >= 0.3 is 23.9 Å². The summed E-state index contributed by atoms with van der Waals surface area (Å²) in [6.07, 6.45) is 47.5. The van der Waals surface area contributed by atoms with Crippen LogP contribution < -0.4 is 0 Å². The molecule has 3 N–H and O–H groups in total. The van der Waals surface area contributed by atoms with Crippen LogP contribution in [0.4, 0.5) is 0 Å². The molecule has 1 rings (SSSR count). The first-order valence-electron chi connectivity index (χ1n) is 27.6. The van der Waals surface area contributed by atoms with Crippen LogP contribution in [0.3, 0.4) is 0 Å². The number of aliphatic carboxylic acids is 1. The Morgan fingerprint density at radius 1 is 0.493 bits per heavy atom. The molecule has 0 aromatic heterocycles. The van der Waals surface area contributed by atoms with Gasteiger partial charge in [-0.3, -0.25) is 14.4 Å². The van der Waals surface area contributed by atoms with Gasteiger partial charge in [-0.05, 0) is 77.0 Å². The van der Waals surface area contributed by atoms with Crippen molar-refractivity contribution in [2.24, 2.45) is 0 Å². The number of aliphatic hydroxyl groups excluding tert-OH is 2. The van der Waals surface area contributed by atoms with E-state index in [-0.39, 0.29) is 25.9 Å². The van der Waals surface area contributed by atoms with E-state index >= 15 is 0 Å². The lowest BCUT2D eigenvalue weighted by Crippen LogP contribution is -2.61. The van der Waals surface area contributed by atoms with Crippen molar-refractivity contribution in [3.05, 3.63) is 85.1 Å². The van der Waals surface area contributed by atoms with Crippen molar-refractivity contribution in [1.82, 2.24) is 0 Å². The van der Waals surface area contributed by atoms with Gasteiger partial charge in [0.05, 0.1) is 13.0 Å². The second kappa shape index (κ2) is 46.9. The third kappa shape index (κ3) is 37.3. The fraction of sp³-hybridized carbons (Fsp3) is 0.695. The van der Waals surface area contributed by atoms with Gasteiger partial charge in [0.2, 0.25) is 0 Å². The Kier molecular flexibility index (Phi) is 42.9. The van der Waals surface area contributed by atoms with Crippen molar-refractivity contribution < 1.29 is 58.2 Å². The molecule has 0 spiro atoms. The van der Waals surface area contributed by atoms with Crippen molar-refractivity contribution in [3.8, 4) is 0 Å². The molecule has 0 aliphatic carbocycles. The zero-order valence-electron chi connectivity index (χ0n) is 44.2. The van der Waals surface area contributed by atoms with Crippen LogP contribution in [0.2, 0.25) is 0 Å². The fourth-order valence-electron chi connectivity index (χ4n) is 7.77. The SMILES string of the molecule is CC/C=C\C/C=C\C/C=C\C/C=C\C/C=C\CC(=O)OC(COC(=O)CCCCCCCCC/C=C\C/C=C\CCCCC)COC1OC(C(=O)O)C(O)C(O)C1OC(=O)CCCCCCCCCCC. The lowest BCUT2D eigenvalue weighted by molar-refractivity contribution is -0.301. The molecule has 0 saturated carbocycles. The highest BCUT2D eigenvalue weighted by Gasteiger charge is 2.50. The number of carbonyl (C=O) groups excluding carboxylic acids is 3. The van der Waals surface area contributed by atoms with Crippen LogP contribution in [0, 0.1) is 0 Å². The van der Waals surface area contributed by atoms with Gasteiger partial charge in [0, 0.05) is 12.8 Å². The molecule has 1 heterocycles. The maximum absolute atomic E-state index is 13.0. The second-order valence-electron chi connectivity index (χ2n) is 18.5. The summed E-state index contributed by atoms with van der Waals surface area (Å²) < 4.78 is 28.2. The molecule has 1 fully saturated rings. The van der Waals surface area contributed by atoms with Crippen molar-refractivity contribution in [1.29, 1.82) is 0 Å². The first kappa shape index (κ1) is 64.9. The molecule has 0 amide bonds. The Hall–Kier alpha value is -4.10. The Morgan fingerprint density at radius 3 is 1.45 bits per heavy atom. The predicted molar refractivity (Wildman–Crippen MR) is 284 cm³/mol. The normalized spacial score (nSPS) is 19.1. The number of esters is 3. The third-order valence-electron chi connectivity index (χ3n) is 12.0. The topological polar surface area (TPSA) is 175 Å². The molecule has 1 saturated heterocycles. The monoisotopic (exact) mass is 997 g/mol. The van der Waals surface area contributed by atoms with Crippen molar-refractivity contribution >= 4 is 23.9 Å². The minimum absolute atomic E-state index is 0.0474.